The first kappa shape index (κ1) is 13.5. The van der Waals surface area contributed by atoms with Crippen molar-refractivity contribution in [2.45, 2.75) is 19.9 Å². The summed E-state index contributed by atoms with van der Waals surface area (Å²) in [4.78, 5) is 15.8. The summed E-state index contributed by atoms with van der Waals surface area (Å²) in [6.45, 7) is 3.76. The van der Waals surface area contributed by atoms with E-state index in [4.69, 9.17) is 0 Å². The predicted octanol–water partition coefficient (Wildman–Crippen LogP) is 3.48. The molecule has 0 atom stereocenters. The number of benzene rings is 1. The fraction of sp³-hybridized carbons (Fsp3) is 0.231. The third-order valence-corrected chi connectivity index (χ3v) is 3.04. The van der Waals surface area contributed by atoms with Crippen molar-refractivity contribution >= 4 is 22.5 Å². The van der Waals surface area contributed by atoms with Crippen molar-refractivity contribution in [2.75, 3.05) is 5.32 Å². The van der Waals surface area contributed by atoms with E-state index in [0.717, 1.165) is 5.56 Å². The number of carbonyl (C=O) groups is 1. The highest BCUT2D eigenvalue weighted by atomic mass is 32.1. The lowest BCUT2D eigenvalue weighted by molar-refractivity contribution is 0.250. The van der Waals surface area contributed by atoms with Crippen LogP contribution in [-0.4, -0.2) is 17.1 Å². The van der Waals surface area contributed by atoms with Crippen molar-refractivity contribution in [1.29, 1.82) is 0 Å². The van der Waals surface area contributed by atoms with Gasteiger partial charge in [0.05, 0.1) is 5.69 Å². The molecule has 0 saturated heterocycles. The molecule has 2 aromatic rings. The highest BCUT2D eigenvalue weighted by Crippen LogP contribution is 2.24. The molecular weight excluding hydrogens is 265 g/mol. The van der Waals surface area contributed by atoms with Gasteiger partial charge in [0.1, 0.15) is 5.82 Å². The number of hydrogen-bond acceptors (Lipinski definition) is 3. The van der Waals surface area contributed by atoms with Gasteiger partial charge in [-0.3, -0.25) is 5.32 Å². The van der Waals surface area contributed by atoms with Crippen LogP contribution in [0.1, 0.15) is 13.8 Å². The minimum Gasteiger partial charge on any atom is -0.336 e. The van der Waals surface area contributed by atoms with Crippen LogP contribution in [0.3, 0.4) is 0 Å². The molecule has 0 aliphatic heterocycles. The molecule has 2 rings (SSSR count). The average molecular weight is 279 g/mol. The van der Waals surface area contributed by atoms with Gasteiger partial charge in [0.15, 0.2) is 5.13 Å². The van der Waals surface area contributed by atoms with Crippen LogP contribution in [0.5, 0.6) is 0 Å². The van der Waals surface area contributed by atoms with Crippen LogP contribution in [-0.2, 0) is 0 Å². The van der Waals surface area contributed by atoms with Gasteiger partial charge in [0.25, 0.3) is 0 Å². The Balaban J connectivity index is 2.07. The second-order valence-corrected chi connectivity index (χ2v) is 5.16. The van der Waals surface area contributed by atoms with E-state index in [9.17, 15) is 9.18 Å². The zero-order valence-corrected chi connectivity index (χ0v) is 11.4. The molecule has 0 aliphatic carbocycles. The molecule has 0 fully saturated rings. The van der Waals surface area contributed by atoms with E-state index in [1.165, 1.54) is 23.5 Å². The van der Waals surface area contributed by atoms with Gasteiger partial charge in [0.2, 0.25) is 0 Å². The molecule has 100 valence electrons. The van der Waals surface area contributed by atoms with Crippen LogP contribution in [0.2, 0.25) is 0 Å². The van der Waals surface area contributed by atoms with E-state index < -0.39 is 0 Å². The maximum atomic E-state index is 12.8. The first-order chi connectivity index (χ1) is 9.04. The van der Waals surface area contributed by atoms with E-state index in [-0.39, 0.29) is 17.9 Å². The van der Waals surface area contributed by atoms with Crippen LogP contribution in [0.15, 0.2) is 29.6 Å². The zero-order valence-electron chi connectivity index (χ0n) is 10.6. The molecule has 0 saturated carbocycles. The van der Waals surface area contributed by atoms with E-state index >= 15 is 0 Å². The molecule has 0 spiro atoms. The molecule has 2 N–H and O–H groups in total. The third kappa shape index (κ3) is 3.75. The molecule has 1 aromatic carbocycles. The van der Waals surface area contributed by atoms with Crippen molar-refractivity contribution in [1.82, 2.24) is 10.3 Å². The average Bonchev–Trinajstić information content (AvgIpc) is 2.77. The van der Waals surface area contributed by atoms with Crippen molar-refractivity contribution in [3.63, 3.8) is 0 Å². The van der Waals surface area contributed by atoms with Crippen molar-refractivity contribution in [3.05, 3.63) is 35.5 Å². The van der Waals surface area contributed by atoms with Gasteiger partial charge in [-0.05, 0) is 38.1 Å². The van der Waals surface area contributed by atoms with Gasteiger partial charge < -0.3 is 5.32 Å². The Kier molecular flexibility index (Phi) is 4.11. The van der Waals surface area contributed by atoms with Crippen molar-refractivity contribution in [2.24, 2.45) is 0 Å². The summed E-state index contributed by atoms with van der Waals surface area (Å²) in [7, 11) is 0. The number of thiazole rings is 1. The van der Waals surface area contributed by atoms with E-state index in [0.29, 0.717) is 10.8 Å². The molecule has 0 bridgehead atoms. The highest BCUT2D eigenvalue weighted by molar-refractivity contribution is 7.14. The quantitative estimate of drug-likeness (QED) is 0.903. The lowest BCUT2D eigenvalue weighted by Crippen LogP contribution is -2.34. The van der Waals surface area contributed by atoms with E-state index in [2.05, 4.69) is 15.6 Å². The number of carbonyl (C=O) groups excluding carboxylic acids is 1. The summed E-state index contributed by atoms with van der Waals surface area (Å²) >= 11 is 1.33. The monoisotopic (exact) mass is 279 g/mol. The number of halogens is 1. The minimum atomic E-state index is -0.284. The molecule has 1 heterocycles. The Morgan fingerprint density at radius 3 is 2.63 bits per heavy atom. The highest BCUT2D eigenvalue weighted by Gasteiger charge is 2.08. The summed E-state index contributed by atoms with van der Waals surface area (Å²) in [5.41, 5.74) is 1.53. The van der Waals surface area contributed by atoms with Crippen LogP contribution < -0.4 is 10.6 Å². The zero-order chi connectivity index (χ0) is 13.8. The predicted molar refractivity (Wildman–Crippen MR) is 74.8 cm³/mol. The maximum absolute atomic E-state index is 12.8. The van der Waals surface area contributed by atoms with Crippen LogP contribution in [0.25, 0.3) is 11.3 Å². The van der Waals surface area contributed by atoms with Gasteiger partial charge in [-0.2, -0.15) is 0 Å². The van der Waals surface area contributed by atoms with E-state index in [1.807, 2.05) is 19.2 Å². The van der Waals surface area contributed by atoms with Crippen LogP contribution in [0.4, 0.5) is 14.3 Å². The molecule has 4 nitrogen and oxygen atoms in total. The molecule has 2 amide bonds. The van der Waals surface area contributed by atoms with Gasteiger partial charge in [-0.1, -0.05) is 0 Å². The van der Waals surface area contributed by atoms with Crippen molar-refractivity contribution < 1.29 is 9.18 Å². The van der Waals surface area contributed by atoms with E-state index in [1.54, 1.807) is 12.1 Å². The Morgan fingerprint density at radius 2 is 2.00 bits per heavy atom. The molecule has 19 heavy (non-hydrogen) atoms. The Hall–Kier alpha value is -1.95. The minimum absolute atomic E-state index is 0.0662. The number of urea groups is 1. The molecule has 1 aromatic heterocycles. The van der Waals surface area contributed by atoms with Crippen molar-refractivity contribution in [3.8, 4) is 11.3 Å². The Morgan fingerprint density at radius 1 is 1.32 bits per heavy atom. The smallest absolute Gasteiger partial charge is 0.321 e. The Labute approximate surface area is 114 Å². The summed E-state index contributed by atoms with van der Waals surface area (Å²) in [6, 6.07) is 5.86. The number of nitrogens with zero attached hydrogens (tertiary/aromatic N) is 1. The van der Waals surface area contributed by atoms with Gasteiger partial charge in [-0.15, -0.1) is 11.3 Å². The summed E-state index contributed by atoms with van der Waals surface area (Å²) in [5, 5.41) is 7.70. The second-order valence-electron chi connectivity index (χ2n) is 4.30. The Bertz CT molecular complexity index is 566. The topological polar surface area (TPSA) is 54.0 Å². The fourth-order valence-electron chi connectivity index (χ4n) is 1.48. The standard InChI is InChI=1S/C13H14FN3OS/c1-8(2)15-12(18)17-13-16-11(7-19-13)9-3-5-10(14)6-4-9/h3-8H,1-2H3,(H2,15,16,17,18). The number of nitrogens with one attached hydrogen (secondary N) is 2. The normalized spacial score (nSPS) is 10.5. The molecular formula is C13H14FN3OS. The van der Waals surface area contributed by atoms with Gasteiger partial charge in [0, 0.05) is 17.0 Å². The largest absolute Gasteiger partial charge is 0.336 e. The van der Waals surface area contributed by atoms with Gasteiger partial charge >= 0.3 is 6.03 Å². The van der Waals surface area contributed by atoms with Crippen LogP contribution in [0, 0.1) is 5.82 Å². The lowest BCUT2D eigenvalue weighted by atomic mass is 10.2. The second kappa shape index (κ2) is 5.79. The number of amides is 2. The fourth-order valence-corrected chi connectivity index (χ4v) is 2.19. The first-order valence-electron chi connectivity index (χ1n) is 5.83. The summed E-state index contributed by atoms with van der Waals surface area (Å²) in [6.07, 6.45) is 0. The molecule has 0 unspecified atom stereocenters. The SMILES string of the molecule is CC(C)NC(=O)Nc1nc(-c2ccc(F)cc2)cs1. The molecule has 6 heteroatoms. The third-order valence-electron chi connectivity index (χ3n) is 2.28. The molecule has 0 aliphatic rings. The van der Waals surface area contributed by atoms with Gasteiger partial charge in [-0.25, -0.2) is 14.2 Å². The lowest BCUT2D eigenvalue weighted by Gasteiger charge is -2.07. The number of hydrogen-bond donors (Lipinski definition) is 2. The molecule has 0 radical (unpaired) electrons. The number of rotatable bonds is 3. The number of aromatic nitrogens is 1. The number of anilines is 1. The summed E-state index contributed by atoms with van der Waals surface area (Å²) < 4.78 is 12.8. The van der Waals surface area contributed by atoms with Crippen LogP contribution >= 0.6 is 11.3 Å². The maximum Gasteiger partial charge on any atom is 0.321 e. The first-order valence-corrected chi connectivity index (χ1v) is 6.71. The summed E-state index contributed by atoms with van der Waals surface area (Å²) in [5.74, 6) is -0.284.